The molecule has 0 unspecified atom stereocenters. The second-order valence-electron chi connectivity index (χ2n) is 8.47. The van der Waals surface area contributed by atoms with Crippen LogP contribution in [-0.2, 0) is 16.1 Å². The fourth-order valence-electron chi connectivity index (χ4n) is 4.27. The van der Waals surface area contributed by atoms with Gasteiger partial charge >= 0.3 is 5.97 Å². The number of benzene rings is 1. The first-order chi connectivity index (χ1) is 13.9. The molecule has 0 aromatic heterocycles. The van der Waals surface area contributed by atoms with Crippen molar-refractivity contribution >= 4 is 23.5 Å². The Kier molecular flexibility index (Phi) is 7.55. The summed E-state index contributed by atoms with van der Waals surface area (Å²) in [6.45, 7) is 0.991. The van der Waals surface area contributed by atoms with Gasteiger partial charge in [0.15, 0.2) is 0 Å². The SMILES string of the molecule is CN(C(=O)[C@@H](N)C1CCC(COCc2ccc(Cl)c(C(=O)O)c2)CC1)C1CCC1. The van der Waals surface area contributed by atoms with Crippen molar-refractivity contribution in [2.75, 3.05) is 13.7 Å². The van der Waals surface area contributed by atoms with Crippen molar-refractivity contribution in [3.63, 3.8) is 0 Å². The Morgan fingerprint density at radius 3 is 2.52 bits per heavy atom. The number of carboxylic acids is 1. The minimum Gasteiger partial charge on any atom is -0.478 e. The molecular weight excluding hydrogens is 392 g/mol. The highest BCUT2D eigenvalue weighted by Crippen LogP contribution is 2.32. The zero-order chi connectivity index (χ0) is 21.0. The number of hydrogen-bond donors (Lipinski definition) is 2. The molecule has 160 valence electrons. The number of nitrogens with zero attached hydrogens (tertiary/aromatic N) is 1. The molecule has 3 N–H and O–H groups in total. The molecule has 0 aliphatic heterocycles. The highest BCUT2D eigenvalue weighted by atomic mass is 35.5. The van der Waals surface area contributed by atoms with Gasteiger partial charge in [-0.3, -0.25) is 4.79 Å². The van der Waals surface area contributed by atoms with Gasteiger partial charge in [-0.25, -0.2) is 4.79 Å². The summed E-state index contributed by atoms with van der Waals surface area (Å²) in [6.07, 6.45) is 7.30. The first-order valence-electron chi connectivity index (χ1n) is 10.5. The Morgan fingerprint density at radius 1 is 1.24 bits per heavy atom. The van der Waals surface area contributed by atoms with E-state index in [0.29, 0.717) is 25.2 Å². The summed E-state index contributed by atoms with van der Waals surface area (Å²) in [4.78, 5) is 25.6. The Labute approximate surface area is 177 Å². The Morgan fingerprint density at radius 2 is 1.93 bits per heavy atom. The van der Waals surface area contributed by atoms with Gasteiger partial charge in [-0.05, 0) is 74.5 Å². The fourth-order valence-corrected chi connectivity index (χ4v) is 4.47. The summed E-state index contributed by atoms with van der Waals surface area (Å²) < 4.78 is 5.83. The number of aromatic carboxylic acids is 1. The number of carbonyl (C=O) groups is 2. The number of amides is 1. The van der Waals surface area contributed by atoms with Gasteiger partial charge in [0.1, 0.15) is 0 Å². The standard InChI is InChI=1S/C22H31ClN2O4/c1-25(17-3-2-4-17)21(26)20(24)16-8-5-14(6-9-16)12-29-13-15-7-10-19(23)18(11-15)22(27)28/h7,10-11,14,16-17,20H,2-6,8-9,12-13,24H2,1H3,(H,27,28)/t14?,16?,20-/m0/s1. The maximum Gasteiger partial charge on any atom is 0.337 e. The lowest BCUT2D eigenvalue weighted by Crippen LogP contribution is -2.52. The van der Waals surface area contributed by atoms with Crippen molar-refractivity contribution in [3.05, 3.63) is 34.3 Å². The molecule has 29 heavy (non-hydrogen) atoms. The molecule has 1 aromatic carbocycles. The minimum absolute atomic E-state index is 0.0892. The number of carboxylic acid groups (broad SMARTS) is 1. The van der Waals surface area contributed by atoms with E-state index < -0.39 is 12.0 Å². The topological polar surface area (TPSA) is 92.9 Å². The van der Waals surface area contributed by atoms with Gasteiger partial charge in [0.05, 0.1) is 23.2 Å². The van der Waals surface area contributed by atoms with Crippen LogP contribution in [0.2, 0.25) is 5.02 Å². The monoisotopic (exact) mass is 422 g/mol. The molecular formula is C22H31ClN2O4. The van der Waals surface area contributed by atoms with Crippen molar-refractivity contribution in [3.8, 4) is 0 Å². The first-order valence-corrected chi connectivity index (χ1v) is 10.9. The zero-order valence-electron chi connectivity index (χ0n) is 17.0. The van der Waals surface area contributed by atoms with Crippen molar-refractivity contribution in [2.24, 2.45) is 17.6 Å². The van der Waals surface area contributed by atoms with E-state index in [1.165, 1.54) is 6.42 Å². The first kappa shape index (κ1) is 22.1. The van der Waals surface area contributed by atoms with Crippen LogP contribution in [0.15, 0.2) is 18.2 Å². The van der Waals surface area contributed by atoms with Crippen LogP contribution in [0.25, 0.3) is 0 Å². The summed E-state index contributed by atoms with van der Waals surface area (Å²) in [6, 6.07) is 4.92. The summed E-state index contributed by atoms with van der Waals surface area (Å²) in [5.41, 5.74) is 7.19. The third kappa shape index (κ3) is 5.50. The van der Waals surface area contributed by atoms with Crippen LogP contribution in [0, 0.1) is 11.8 Å². The lowest BCUT2D eigenvalue weighted by molar-refractivity contribution is -0.136. The molecule has 2 aliphatic rings. The maximum absolute atomic E-state index is 12.6. The van der Waals surface area contributed by atoms with Crippen LogP contribution >= 0.6 is 11.6 Å². The highest BCUT2D eigenvalue weighted by molar-refractivity contribution is 6.33. The van der Waals surface area contributed by atoms with E-state index in [1.54, 1.807) is 18.2 Å². The molecule has 2 saturated carbocycles. The van der Waals surface area contributed by atoms with Gasteiger partial charge in [0.2, 0.25) is 5.91 Å². The molecule has 1 amide bonds. The fraction of sp³-hybridized carbons (Fsp3) is 0.636. The lowest BCUT2D eigenvalue weighted by Gasteiger charge is -2.38. The Bertz CT molecular complexity index is 730. The Balaban J connectivity index is 1.40. The van der Waals surface area contributed by atoms with Crippen LogP contribution < -0.4 is 5.73 Å². The summed E-state index contributed by atoms with van der Waals surface area (Å²) in [5, 5.41) is 9.38. The zero-order valence-corrected chi connectivity index (χ0v) is 17.7. The number of hydrogen-bond acceptors (Lipinski definition) is 4. The predicted octanol–water partition coefficient (Wildman–Crippen LogP) is 3.70. The summed E-state index contributed by atoms with van der Waals surface area (Å²) in [5.74, 6) is -0.254. The normalized spacial score (nSPS) is 23.3. The second kappa shape index (κ2) is 9.92. The van der Waals surface area contributed by atoms with Gasteiger partial charge in [-0.1, -0.05) is 17.7 Å². The third-order valence-electron chi connectivity index (χ3n) is 6.54. The van der Waals surface area contributed by atoms with Crippen molar-refractivity contribution in [1.29, 1.82) is 0 Å². The van der Waals surface area contributed by atoms with Crippen molar-refractivity contribution in [2.45, 2.75) is 63.6 Å². The van der Waals surface area contributed by atoms with Crippen molar-refractivity contribution < 1.29 is 19.4 Å². The molecule has 0 bridgehead atoms. The van der Waals surface area contributed by atoms with E-state index in [4.69, 9.17) is 27.2 Å². The summed E-state index contributed by atoms with van der Waals surface area (Å²) in [7, 11) is 1.89. The number of nitrogens with two attached hydrogens (primary N) is 1. The van der Waals surface area contributed by atoms with Crippen LogP contribution in [0.3, 0.4) is 0 Å². The quantitative estimate of drug-likeness (QED) is 0.666. The van der Waals surface area contributed by atoms with Gasteiger partial charge in [0.25, 0.3) is 0 Å². The van der Waals surface area contributed by atoms with Gasteiger partial charge < -0.3 is 20.5 Å². The largest absolute Gasteiger partial charge is 0.478 e. The number of likely N-dealkylation sites (N-methyl/N-ethyl adjacent to an activating group) is 1. The smallest absolute Gasteiger partial charge is 0.337 e. The molecule has 0 heterocycles. The van der Waals surface area contributed by atoms with Crippen LogP contribution in [-0.4, -0.2) is 47.6 Å². The molecule has 3 rings (SSSR count). The average molecular weight is 423 g/mol. The molecule has 2 aliphatic carbocycles. The van der Waals surface area contributed by atoms with Crippen molar-refractivity contribution in [1.82, 2.24) is 4.90 Å². The second-order valence-corrected chi connectivity index (χ2v) is 8.88. The molecule has 7 heteroatoms. The molecule has 0 spiro atoms. The van der Waals surface area contributed by atoms with E-state index in [0.717, 1.165) is 44.1 Å². The minimum atomic E-state index is -1.04. The number of carbonyl (C=O) groups excluding carboxylic acids is 1. The number of ether oxygens (including phenoxy) is 1. The molecule has 6 nitrogen and oxygen atoms in total. The van der Waals surface area contributed by atoms with Gasteiger partial charge in [-0.15, -0.1) is 0 Å². The molecule has 1 aromatic rings. The number of halogens is 1. The number of rotatable bonds is 8. The lowest BCUT2D eigenvalue weighted by atomic mass is 9.78. The van der Waals surface area contributed by atoms with Crippen LogP contribution in [0.5, 0.6) is 0 Å². The highest BCUT2D eigenvalue weighted by Gasteiger charge is 2.34. The van der Waals surface area contributed by atoms with E-state index in [1.807, 2.05) is 11.9 Å². The van der Waals surface area contributed by atoms with E-state index in [-0.39, 0.29) is 22.4 Å². The molecule has 1 atom stereocenters. The van der Waals surface area contributed by atoms with E-state index in [9.17, 15) is 9.59 Å². The molecule has 0 radical (unpaired) electrons. The maximum atomic E-state index is 12.6. The molecule has 0 saturated heterocycles. The summed E-state index contributed by atoms with van der Waals surface area (Å²) >= 11 is 5.90. The molecule has 2 fully saturated rings. The van der Waals surface area contributed by atoms with Gasteiger partial charge in [0, 0.05) is 19.7 Å². The van der Waals surface area contributed by atoms with E-state index in [2.05, 4.69) is 0 Å². The van der Waals surface area contributed by atoms with Crippen LogP contribution in [0.4, 0.5) is 0 Å². The van der Waals surface area contributed by atoms with Gasteiger partial charge in [-0.2, -0.15) is 0 Å². The third-order valence-corrected chi connectivity index (χ3v) is 6.87. The van der Waals surface area contributed by atoms with E-state index >= 15 is 0 Å². The predicted molar refractivity (Wildman–Crippen MR) is 112 cm³/mol. The Hall–Kier alpha value is -1.63. The van der Waals surface area contributed by atoms with Crippen LogP contribution in [0.1, 0.15) is 60.9 Å². The average Bonchev–Trinajstić information content (AvgIpc) is 2.67.